The Hall–Kier alpha value is -1.57. The van der Waals surface area contributed by atoms with E-state index in [0.717, 1.165) is 43.3 Å². The number of aliphatic imine (C=N–C) groups is 1. The Labute approximate surface area is 168 Å². The normalized spacial score (nSPS) is 11.1. The Balaban J connectivity index is 0.00000312. The predicted molar refractivity (Wildman–Crippen MR) is 116 cm³/mol. The van der Waals surface area contributed by atoms with E-state index in [1.807, 2.05) is 29.9 Å². The highest BCUT2D eigenvalue weighted by Crippen LogP contribution is 2.13. The molecular weight excluding hydrogens is 425 g/mol. The topological polar surface area (TPSA) is 54.2 Å². The fourth-order valence-electron chi connectivity index (χ4n) is 2.54. The van der Waals surface area contributed by atoms with E-state index in [2.05, 4.69) is 52.9 Å². The maximum atomic E-state index is 4.62. The number of para-hydroxylation sites is 1. The number of benzene rings is 1. The lowest BCUT2D eigenvalue weighted by molar-refractivity contribution is 0.710. The molecule has 0 fully saturated rings. The maximum Gasteiger partial charge on any atom is 0.190 e. The SMILES string of the molecule is CCCCNC(=NC)NCCCc1cn(-c2ccccc2)nc1C.I. The average molecular weight is 455 g/mol. The molecule has 0 atom stereocenters. The lowest BCUT2D eigenvalue weighted by Gasteiger charge is -2.11. The minimum absolute atomic E-state index is 0. The molecule has 0 amide bonds. The van der Waals surface area contributed by atoms with Crippen LogP contribution in [0.25, 0.3) is 5.69 Å². The number of hydrogen-bond donors (Lipinski definition) is 2. The average Bonchev–Trinajstić information content (AvgIpc) is 2.99. The third kappa shape index (κ3) is 7.05. The second kappa shape index (κ2) is 11.9. The van der Waals surface area contributed by atoms with Gasteiger partial charge in [0.2, 0.25) is 0 Å². The van der Waals surface area contributed by atoms with Gasteiger partial charge >= 0.3 is 0 Å². The molecule has 0 spiro atoms. The van der Waals surface area contributed by atoms with Gasteiger partial charge in [0.15, 0.2) is 5.96 Å². The largest absolute Gasteiger partial charge is 0.356 e. The Kier molecular flexibility index (Phi) is 10.2. The van der Waals surface area contributed by atoms with Gasteiger partial charge in [0.25, 0.3) is 0 Å². The summed E-state index contributed by atoms with van der Waals surface area (Å²) >= 11 is 0. The van der Waals surface area contributed by atoms with Gasteiger partial charge in [-0.15, -0.1) is 24.0 Å². The monoisotopic (exact) mass is 455 g/mol. The first-order chi connectivity index (χ1) is 11.7. The number of aryl methyl sites for hydroxylation is 2. The molecular formula is C19H30IN5. The van der Waals surface area contributed by atoms with Gasteiger partial charge in [-0.05, 0) is 43.9 Å². The summed E-state index contributed by atoms with van der Waals surface area (Å²) in [5.74, 6) is 0.889. The number of aromatic nitrogens is 2. The van der Waals surface area contributed by atoms with Crippen LogP contribution in [-0.2, 0) is 6.42 Å². The minimum Gasteiger partial charge on any atom is -0.356 e. The van der Waals surface area contributed by atoms with Gasteiger partial charge in [-0.25, -0.2) is 4.68 Å². The molecule has 5 nitrogen and oxygen atoms in total. The van der Waals surface area contributed by atoms with Gasteiger partial charge in [-0.2, -0.15) is 5.10 Å². The lowest BCUT2D eigenvalue weighted by atomic mass is 10.1. The van der Waals surface area contributed by atoms with Crippen LogP contribution in [0.1, 0.15) is 37.4 Å². The van der Waals surface area contributed by atoms with Crippen molar-refractivity contribution < 1.29 is 0 Å². The summed E-state index contributed by atoms with van der Waals surface area (Å²) in [6.07, 6.45) is 6.56. The third-order valence-corrected chi connectivity index (χ3v) is 3.98. The zero-order valence-corrected chi connectivity index (χ0v) is 17.8. The highest BCUT2D eigenvalue weighted by atomic mass is 127. The molecule has 6 heteroatoms. The van der Waals surface area contributed by atoms with Crippen LogP contribution >= 0.6 is 24.0 Å². The van der Waals surface area contributed by atoms with E-state index in [-0.39, 0.29) is 24.0 Å². The second-order valence-electron chi connectivity index (χ2n) is 5.90. The van der Waals surface area contributed by atoms with Gasteiger partial charge in [0.1, 0.15) is 0 Å². The van der Waals surface area contributed by atoms with Crippen molar-refractivity contribution in [2.45, 2.75) is 39.5 Å². The smallest absolute Gasteiger partial charge is 0.190 e. The summed E-state index contributed by atoms with van der Waals surface area (Å²) in [6, 6.07) is 10.2. The molecule has 138 valence electrons. The molecule has 2 N–H and O–H groups in total. The van der Waals surface area contributed by atoms with Crippen LogP contribution in [-0.4, -0.2) is 35.9 Å². The molecule has 2 aromatic rings. The van der Waals surface area contributed by atoms with Crippen molar-refractivity contribution in [3.8, 4) is 5.69 Å². The molecule has 2 rings (SSSR count). The summed E-state index contributed by atoms with van der Waals surface area (Å²) in [5, 5.41) is 11.3. The number of rotatable bonds is 8. The van der Waals surface area contributed by atoms with Crippen molar-refractivity contribution in [2.75, 3.05) is 20.1 Å². The summed E-state index contributed by atoms with van der Waals surface area (Å²) in [6.45, 7) is 6.14. The number of nitrogens with zero attached hydrogens (tertiary/aromatic N) is 3. The van der Waals surface area contributed by atoms with E-state index in [1.165, 1.54) is 18.4 Å². The Morgan fingerprint density at radius 2 is 1.80 bits per heavy atom. The first kappa shape index (κ1) is 21.5. The number of hydrogen-bond acceptors (Lipinski definition) is 2. The molecule has 0 saturated carbocycles. The second-order valence-corrected chi connectivity index (χ2v) is 5.90. The van der Waals surface area contributed by atoms with E-state index in [9.17, 15) is 0 Å². The highest BCUT2D eigenvalue weighted by Gasteiger charge is 2.06. The molecule has 1 aromatic heterocycles. The van der Waals surface area contributed by atoms with E-state index in [0.29, 0.717) is 0 Å². The highest BCUT2D eigenvalue weighted by molar-refractivity contribution is 14.0. The number of unbranched alkanes of at least 4 members (excludes halogenated alkanes) is 1. The Bertz CT molecular complexity index is 637. The zero-order valence-electron chi connectivity index (χ0n) is 15.5. The van der Waals surface area contributed by atoms with Gasteiger partial charge in [0.05, 0.1) is 11.4 Å². The molecule has 0 aliphatic heterocycles. The third-order valence-electron chi connectivity index (χ3n) is 3.98. The molecule has 0 bridgehead atoms. The molecule has 0 aliphatic rings. The lowest BCUT2D eigenvalue weighted by Crippen LogP contribution is -2.38. The standard InChI is InChI=1S/C19H29N5.HI/c1-4-5-13-21-19(20-3)22-14-9-10-17-15-24(23-16(17)2)18-11-7-6-8-12-18;/h6-8,11-12,15H,4-5,9-10,13-14H2,1-3H3,(H2,20,21,22);1H. The fraction of sp³-hybridized carbons (Fsp3) is 0.474. The number of halogens is 1. The zero-order chi connectivity index (χ0) is 17.2. The van der Waals surface area contributed by atoms with Crippen molar-refractivity contribution in [1.82, 2.24) is 20.4 Å². The molecule has 25 heavy (non-hydrogen) atoms. The Morgan fingerprint density at radius 1 is 1.12 bits per heavy atom. The number of nitrogens with one attached hydrogen (secondary N) is 2. The molecule has 0 radical (unpaired) electrons. The van der Waals surface area contributed by atoms with Gasteiger partial charge in [0, 0.05) is 26.3 Å². The van der Waals surface area contributed by atoms with E-state index >= 15 is 0 Å². The Morgan fingerprint density at radius 3 is 2.44 bits per heavy atom. The number of guanidine groups is 1. The molecule has 1 aromatic carbocycles. The summed E-state index contributed by atoms with van der Waals surface area (Å²) in [5.41, 5.74) is 3.50. The van der Waals surface area contributed by atoms with Crippen LogP contribution in [0.5, 0.6) is 0 Å². The van der Waals surface area contributed by atoms with Crippen LogP contribution in [0.2, 0.25) is 0 Å². The van der Waals surface area contributed by atoms with Crippen molar-refractivity contribution in [1.29, 1.82) is 0 Å². The summed E-state index contributed by atoms with van der Waals surface area (Å²) < 4.78 is 1.96. The van der Waals surface area contributed by atoms with E-state index in [4.69, 9.17) is 0 Å². The van der Waals surface area contributed by atoms with Gasteiger partial charge in [-0.3, -0.25) is 4.99 Å². The van der Waals surface area contributed by atoms with Crippen LogP contribution in [0.15, 0.2) is 41.5 Å². The van der Waals surface area contributed by atoms with Gasteiger partial charge in [-0.1, -0.05) is 31.5 Å². The van der Waals surface area contributed by atoms with Gasteiger partial charge < -0.3 is 10.6 Å². The van der Waals surface area contributed by atoms with Crippen LogP contribution < -0.4 is 10.6 Å². The molecule has 0 unspecified atom stereocenters. The maximum absolute atomic E-state index is 4.62. The minimum atomic E-state index is 0. The van der Waals surface area contributed by atoms with Crippen LogP contribution in [0.4, 0.5) is 0 Å². The van der Waals surface area contributed by atoms with Crippen molar-refractivity contribution in [2.24, 2.45) is 4.99 Å². The molecule has 1 heterocycles. The van der Waals surface area contributed by atoms with Crippen molar-refractivity contribution in [3.63, 3.8) is 0 Å². The quantitative estimate of drug-likeness (QED) is 0.276. The van der Waals surface area contributed by atoms with E-state index in [1.54, 1.807) is 0 Å². The first-order valence-electron chi connectivity index (χ1n) is 8.79. The summed E-state index contributed by atoms with van der Waals surface area (Å²) in [4.78, 5) is 4.24. The van der Waals surface area contributed by atoms with E-state index < -0.39 is 0 Å². The molecule has 0 saturated heterocycles. The fourth-order valence-corrected chi connectivity index (χ4v) is 2.54. The van der Waals surface area contributed by atoms with Crippen LogP contribution in [0.3, 0.4) is 0 Å². The molecule has 0 aliphatic carbocycles. The first-order valence-corrected chi connectivity index (χ1v) is 8.79. The summed E-state index contributed by atoms with van der Waals surface area (Å²) in [7, 11) is 1.81. The van der Waals surface area contributed by atoms with Crippen molar-refractivity contribution in [3.05, 3.63) is 47.8 Å². The van der Waals surface area contributed by atoms with Crippen molar-refractivity contribution >= 4 is 29.9 Å². The predicted octanol–water partition coefficient (Wildman–Crippen LogP) is 3.70. The van der Waals surface area contributed by atoms with Crippen LogP contribution in [0, 0.1) is 6.92 Å².